The summed E-state index contributed by atoms with van der Waals surface area (Å²) in [6, 6.07) is 28.0. The van der Waals surface area contributed by atoms with Gasteiger partial charge in [0.05, 0.1) is 63.3 Å². The number of benzene rings is 4. The molecule has 0 saturated carbocycles. The molecule has 348 valence electrons. The summed E-state index contributed by atoms with van der Waals surface area (Å²) in [5, 5.41) is 11.4. The van der Waals surface area contributed by atoms with Crippen LogP contribution in [0.5, 0.6) is 0 Å². The standard InChI is InChI=1S/C52H59N9O6/c1-65-51(63)57-43(32-20-22-53-23-21-32)30-67-31-60-24-6-10-44(60)49-55-41-19-17-38-27-37(16-18-40(38)47(41)58-49)34-12-13-36-28-39(15-14-35(36)26-34)42-29-54-48(56-42)45-11-7-25-61(45)50(62)46(59-52(64)66-2)33-8-4-3-5-9-33/h3-5,8-9,12-16,18,26-29,32,43-46,53H,6-7,10-11,17,19-25,30-31H2,1-2H3,(H,54,56)(H,55,58)(H,57,63)(H,59,64)/t43-,44+,45+,46-/m1/s1. The number of aromatic amines is 2. The predicted octanol–water partition coefficient (Wildman–Crippen LogP) is 7.98. The van der Waals surface area contributed by atoms with Gasteiger partial charge in [-0.3, -0.25) is 9.69 Å². The molecule has 5 heterocycles. The quantitative estimate of drug-likeness (QED) is 0.0763. The van der Waals surface area contributed by atoms with Crippen molar-refractivity contribution in [2.75, 3.05) is 53.7 Å². The molecule has 4 atom stereocenters. The molecule has 3 saturated heterocycles. The molecule has 0 radical (unpaired) electrons. The molecule has 6 aromatic rings. The van der Waals surface area contributed by atoms with E-state index >= 15 is 0 Å². The minimum Gasteiger partial charge on any atom is -0.453 e. The number of aromatic nitrogens is 4. The van der Waals surface area contributed by atoms with E-state index in [0.29, 0.717) is 31.4 Å². The summed E-state index contributed by atoms with van der Waals surface area (Å²) in [4.78, 5) is 59.9. The second kappa shape index (κ2) is 19.7. The lowest BCUT2D eigenvalue weighted by Gasteiger charge is -2.31. The first kappa shape index (κ1) is 44.3. The number of likely N-dealkylation sites (tertiary alicyclic amines) is 2. The third-order valence-electron chi connectivity index (χ3n) is 14.2. The molecular formula is C52H59N9O6. The summed E-state index contributed by atoms with van der Waals surface area (Å²) in [5.41, 5.74) is 9.66. The van der Waals surface area contributed by atoms with Crippen LogP contribution in [-0.2, 0) is 31.8 Å². The first-order chi connectivity index (χ1) is 32.8. The lowest BCUT2D eigenvalue weighted by Crippen LogP contribution is -2.47. The molecule has 10 rings (SSSR count). The number of nitrogens with one attached hydrogen (secondary N) is 5. The van der Waals surface area contributed by atoms with Gasteiger partial charge in [-0.2, -0.15) is 0 Å². The van der Waals surface area contributed by atoms with Crippen LogP contribution in [0.4, 0.5) is 9.59 Å². The highest BCUT2D eigenvalue weighted by Gasteiger charge is 2.37. The fraction of sp³-hybridized carbons (Fsp3) is 0.404. The highest BCUT2D eigenvalue weighted by molar-refractivity contribution is 5.91. The van der Waals surface area contributed by atoms with Crippen LogP contribution in [0.2, 0.25) is 0 Å². The fourth-order valence-electron chi connectivity index (χ4n) is 10.6. The summed E-state index contributed by atoms with van der Waals surface area (Å²) >= 11 is 0. The van der Waals surface area contributed by atoms with Crippen LogP contribution in [-0.4, -0.2) is 108 Å². The maximum atomic E-state index is 14.0. The average molecular weight is 906 g/mol. The number of hydrogen-bond acceptors (Lipinski definition) is 10. The number of imidazole rings is 2. The molecule has 0 bridgehead atoms. The molecule has 0 spiro atoms. The van der Waals surface area contributed by atoms with Crippen LogP contribution in [0, 0.1) is 5.92 Å². The zero-order chi connectivity index (χ0) is 45.9. The summed E-state index contributed by atoms with van der Waals surface area (Å²) in [7, 11) is 2.70. The number of fused-ring (bicyclic) bond motifs is 4. The van der Waals surface area contributed by atoms with E-state index in [0.717, 1.165) is 116 Å². The third kappa shape index (κ3) is 9.40. The maximum Gasteiger partial charge on any atom is 0.407 e. The molecule has 3 fully saturated rings. The van der Waals surface area contributed by atoms with Gasteiger partial charge in [-0.15, -0.1) is 0 Å². The van der Waals surface area contributed by atoms with Crippen LogP contribution >= 0.6 is 0 Å². The summed E-state index contributed by atoms with van der Waals surface area (Å²) in [5.74, 6) is 1.88. The molecule has 1 aliphatic carbocycles. The Balaban J connectivity index is 0.803. The van der Waals surface area contributed by atoms with E-state index in [9.17, 15) is 14.4 Å². The number of nitrogens with zero attached hydrogens (tertiary/aromatic N) is 4. The number of amides is 3. The molecule has 15 nitrogen and oxygen atoms in total. The van der Waals surface area contributed by atoms with Crippen molar-refractivity contribution in [3.8, 4) is 33.6 Å². The van der Waals surface area contributed by atoms with Crippen molar-refractivity contribution in [3.63, 3.8) is 0 Å². The number of ether oxygens (including phenoxy) is 3. The van der Waals surface area contributed by atoms with Crippen molar-refractivity contribution in [1.29, 1.82) is 0 Å². The Bertz CT molecular complexity index is 2730. The first-order valence-electron chi connectivity index (χ1n) is 23.7. The molecular weight excluding hydrogens is 847 g/mol. The Labute approximate surface area is 390 Å². The van der Waals surface area contributed by atoms with Gasteiger partial charge in [0.2, 0.25) is 0 Å². The molecule has 2 aromatic heterocycles. The van der Waals surface area contributed by atoms with Gasteiger partial charge < -0.3 is 45.0 Å². The maximum absolute atomic E-state index is 14.0. The van der Waals surface area contributed by atoms with Gasteiger partial charge in [-0.25, -0.2) is 19.6 Å². The second-order valence-electron chi connectivity index (χ2n) is 18.2. The average Bonchev–Trinajstić information content (AvgIpc) is 4.22. The van der Waals surface area contributed by atoms with E-state index in [4.69, 9.17) is 24.2 Å². The number of aryl methyl sites for hydroxylation is 2. The Hall–Kier alpha value is -6.55. The molecule has 4 aliphatic rings. The van der Waals surface area contributed by atoms with E-state index in [2.05, 4.69) is 85.4 Å². The number of piperidine rings is 1. The van der Waals surface area contributed by atoms with Crippen molar-refractivity contribution >= 4 is 28.9 Å². The summed E-state index contributed by atoms with van der Waals surface area (Å²) in [6.07, 6.45) is 8.30. The zero-order valence-corrected chi connectivity index (χ0v) is 38.2. The topological polar surface area (TPSA) is 179 Å². The Morgan fingerprint density at radius 1 is 0.761 bits per heavy atom. The fourth-order valence-corrected chi connectivity index (χ4v) is 10.6. The second-order valence-corrected chi connectivity index (χ2v) is 18.2. The molecule has 0 unspecified atom stereocenters. The van der Waals surface area contributed by atoms with Crippen LogP contribution in [0.25, 0.3) is 44.4 Å². The summed E-state index contributed by atoms with van der Waals surface area (Å²) in [6.45, 7) is 4.32. The lowest BCUT2D eigenvalue weighted by molar-refractivity contribution is -0.134. The largest absolute Gasteiger partial charge is 0.453 e. The SMILES string of the molecule is COC(=O)N[C@@H](C(=O)N1CCC[C@H]1c1ncc(-c2ccc3cc(-c4ccc5c(c4)CCc4[nH]c([C@@H]6CCCN6COC[C@@H](NC(=O)OC)C6CCNCC6)nc4-5)ccc3c2)[nH]1)c1ccccc1. The van der Waals surface area contributed by atoms with Crippen LogP contribution < -0.4 is 16.0 Å². The molecule has 15 heteroatoms. The van der Waals surface area contributed by atoms with Crippen molar-refractivity contribution in [2.45, 2.75) is 75.5 Å². The van der Waals surface area contributed by atoms with Gasteiger partial charge in [-0.05, 0) is 116 Å². The summed E-state index contributed by atoms with van der Waals surface area (Å²) < 4.78 is 16.1. The van der Waals surface area contributed by atoms with Crippen LogP contribution in [0.15, 0.2) is 91.1 Å². The van der Waals surface area contributed by atoms with Crippen molar-refractivity contribution in [2.24, 2.45) is 5.92 Å². The molecule has 4 aromatic carbocycles. The minimum atomic E-state index is -0.872. The number of carbonyl (C=O) groups is 3. The number of carbonyl (C=O) groups excluding carboxylic acids is 3. The Morgan fingerprint density at radius 3 is 2.28 bits per heavy atom. The van der Waals surface area contributed by atoms with Gasteiger partial charge in [-0.1, -0.05) is 72.8 Å². The monoisotopic (exact) mass is 905 g/mol. The molecule has 3 aliphatic heterocycles. The number of alkyl carbamates (subject to hydrolysis) is 2. The number of hydrogen-bond donors (Lipinski definition) is 5. The van der Waals surface area contributed by atoms with E-state index in [-0.39, 0.29) is 24.0 Å². The van der Waals surface area contributed by atoms with Crippen molar-refractivity contribution < 1.29 is 28.6 Å². The highest BCUT2D eigenvalue weighted by Crippen LogP contribution is 2.39. The molecule has 67 heavy (non-hydrogen) atoms. The zero-order valence-electron chi connectivity index (χ0n) is 38.2. The molecule has 3 amide bonds. The van der Waals surface area contributed by atoms with Gasteiger partial charge in [0.1, 0.15) is 17.7 Å². The smallest absolute Gasteiger partial charge is 0.407 e. The van der Waals surface area contributed by atoms with Crippen LogP contribution in [0.1, 0.15) is 85.1 Å². The number of rotatable bonds is 13. The van der Waals surface area contributed by atoms with Gasteiger partial charge in [0, 0.05) is 29.9 Å². The van der Waals surface area contributed by atoms with Crippen molar-refractivity contribution in [3.05, 3.63) is 120 Å². The Kier molecular flexibility index (Phi) is 13.0. The van der Waals surface area contributed by atoms with E-state index < -0.39 is 18.2 Å². The van der Waals surface area contributed by atoms with Gasteiger partial charge in [0.25, 0.3) is 5.91 Å². The van der Waals surface area contributed by atoms with Gasteiger partial charge >= 0.3 is 12.2 Å². The van der Waals surface area contributed by atoms with Crippen molar-refractivity contribution in [1.82, 2.24) is 45.7 Å². The normalized spacial score (nSPS) is 19.4. The third-order valence-corrected chi connectivity index (χ3v) is 14.2. The highest BCUT2D eigenvalue weighted by atomic mass is 16.5. The Morgan fingerprint density at radius 2 is 1.48 bits per heavy atom. The number of H-pyrrole nitrogens is 2. The molecule has 5 N–H and O–H groups in total. The first-order valence-corrected chi connectivity index (χ1v) is 23.7. The predicted molar refractivity (Wildman–Crippen MR) is 255 cm³/mol. The minimum absolute atomic E-state index is 0.0889. The van der Waals surface area contributed by atoms with Gasteiger partial charge in [0.15, 0.2) is 0 Å². The van der Waals surface area contributed by atoms with E-state index in [1.807, 2.05) is 41.4 Å². The van der Waals surface area contributed by atoms with E-state index in [1.165, 1.54) is 36.6 Å². The number of methoxy groups -OCH3 is 2. The van der Waals surface area contributed by atoms with Crippen LogP contribution in [0.3, 0.4) is 0 Å². The lowest BCUT2D eigenvalue weighted by atomic mass is 9.89. The van der Waals surface area contributed by atoms with E-state index in [1.54, 1.807) is 0 Å².